The van der Waals surface area contributed by atoms with E-state index in [4.69, 9.17) is 4.74 Å². The maximum atomic E-state index is 14.5. The minimum Gasteiger partial charge on any atom is -0.454 e. The van der Waals surface area contributed by atoms with Gasteiger partial charge in [-0.1, -0.05) is 35.5 Å². The second-order valence-electron chi connectivity index (χ2n) is 8.67. The van der Waals surface area contributed by atoms with Gasteiger partial charge in [0.1, 0.15) is 11.4 Å². The maximum Gasteiger partial charge on any atom is 0.478 e. The molecule has 1 aromatic carbocycles. The number of Topliss-reactive ketones (excluding diaryl/α,β-unsaturated/α-hetero) is 1. The van der Waals surface area contributed by atoms with Crippen molar-refractivity contribution in [3.63, 3.8) is 0 Å². The van der Waals surface area contributed by atoms with Crippen LogP contribution in [0.15, 0.2) is 35.5 Å². The molecule has 0 N–H and O–H groups in total. The van der Waals surface area contributed by atoms with Gasteiger partial charge in [0.2, 0.25) is 0 Å². The lowest BCUT2D eigenvalue weighted by Gasteiger charge is -2.54. The van der Waals surface area contributed by atoms with Crippen molar-refractivity contribution in [2.75, 3.05) is 0 Å². The van der Waals surface area contributed by atoms with Crippen molar-refractivity contribution in [3.05, 3.63) is 35.9 Å². The lowest BCUT2D eigenvalue weighted by atomic mass is 9.53. The molecule has 4 saturated carbocycles. The fourth-order valence-electron chi connectivity index (χ4n) is 5.16. The quantitative estimate of drug-likeness (QED) is 0.259. The summed E-state index contributed by atoms with van der Waals surface area (Å²) in [5, 5.41) is -2.93. The number of halogens is 5. The Morgan fingerprint density at radius 2 is 1.58 bits per heavy atom. The molecule has 4 aliphatic carbocycles. The smallest absolute Gasteiger partial charge is 0.454 e. The number of nitrogens with zero attached hydrogens (tertiary/aromatic N) is 1. The van der Waals surface area contributed by atoms with Gasteiger partial charge < -0.3 is 4.74 Å². The third kappa shape index (κ3) is 4.22. The van der Waals surface area contributed by atoms with E-state index in [1.165, 1.54) is 18.2 Å². The van der Waals surface area contributed by atoms with E-state index in [0.717, 1.165) is 12.1 Å². The number of ether oxygens (including phenoxy) is 1. The molecule has 0 heterocycles. The Bertz CT molecular complexity index is 1080. The first-order valence-electron chi connectivity index (χ1n) is 10.0. The number of rotatable bonds is 6. The van der Waals surface area contributed by atoms with Crippen LogP contribution in [0.5, 0.6) is 0 Å². The van der Waals surface area contributed by atoms with Gasteiger partial charge in [-0.3, -0.25) is 9.08 Å². The number of benzene rings is 1. The van der Waals surface area contributed by atoms with E-state index in [0.29, 0.717) is 12.8 Å². The summed E-state index contributed by atoms with van der Waals surface area (Å²) in [7, 11) is -6.28. The van der Waals surface area contributed by atoms with Crippen LogP contribution in [0.4, 0.5) is 22.0 Å². The minimum atomic E-state index is -6.28. The number of hydrogen-bond donors (Lipinski definition) is 0. The first kappa shape index (κ1) is 23.6. The highest BCUT2D eigenvalue weighted by atomic mass is 32.2. The van der Waals surface area contributed by atoms with Crippen LogP contribution < -0.4 is 0 Å². The number of carbonyl (C=O) groups excluding carboxylic acids is 2. The zero-order valence-corrected chi connectivity index (χ0v) is 17.7. The Labute approximate surface area is 185 Å². The van der Waals surface area contributed by atoms with Crippen molar-refractivity contribution < 1.29 is 49.0 Å². The van der Waals surface area contributed by atoms with Gasteiger partial charge in [-0.05, 0) is 38.0 Å². The Morgan fingerprint density at radius 3 is 2.12 bits per heavy atom. The summed E-state index contributed by atoms with van der Waals surface area (Å²) < 4.78 is 101. The summed E-state index contributed by atoms with van der Waals surface area (Å²) in [6.07, 6.45) is -3.90. The molecule has 13 heteroatoms. The topological polar surface area (TPSA) is 99.1 Å². The minimum absolute atomic E-state index is 0.00589. The Kier molecular flexibility index (Phi) is 5.53. The molecule has 2 atom stereocenters. The average molecular weight is 495 g/mol. The molecule has 4 bridgehead atoms. The lowest BCUT2D eigenvalue weighted by Crippen LogP contribution is -2.58. The molecule has 0 aromatic heterocycles. The van der Waals surface area contributed by atoms with Gasteiger partial charge in [0.05, 0.1) is 0 Å². The monoisotopic (exact) mass is 495 g/mol. The van der Waals surface area contributed by atoms with Gasteiger partial charge in [0.25, 0.3) is 0 Å². The molecule has 33 heavy (non-hydrogen) atoms. The molecule has 0 radical (unpaired) electrons. The van der Waals surface area contributed by atoms with E-state index >= 15 is 0 Å². The number of alkyl halides is 5. The molecular formula is C20H18F5NO6S. The third-order valence-corrected chi connectivity index (χ3v) is 7.41. The van der Waals surface area contributed by atoms with Gasteiger partial charge in [-0.25, -0.2) is 4.79 Å². The number of esters is 1. The number of hydrogen-bond acceptors (Lipinski definition) is 7. The fourth-order valence-corrected chi connectivity index (χ4v) is 5.67. The summed E-state index contributed by atoms with van der Waals surface area (Å²) >= 11 is 0. The largest absolute Gasteiger partial charge is 0.478 e. The van der Waals surface area contributed by atoms with Crippen LogP contribution in [0.25, 0.3) is 0 Å². The molecule has 4 aliphatic rings. The van der Waals surface area contributed by atoms with Crippen LogP contribution in [0.3, 0.4) is 0 Å². The van der Waals surface area contributed by atoms with Crippen molar-refractivity contribution in [2.45, 2.75) is 49.1 Å². The van der Waals surface area contributed by atoms with Gasteiger partial charge in [0, 0.05) is 17.4 Å². The summed E-state index contributed by atoms with van der Waals surface area (Å²) in [5.74, 6) is -3.40. The molecule has 5 rings (SSSR count). The maximum absolute atomic E-state index is 14.5. The lowest BCUT2D eigenvalue weighted by molar-refractivity contribution is -0.202. The van der Waals surface area contributed by atoms with Crippen LogP contribution in [-0.2, 0) is 28.7 Å². The van der Waals surface area contributed by atoms with Crippen LogP contribution in [0.2, 0.25) is 0 Å². The first-order chi connectivity index (χ1) is 15.2. The van der Waals surface area contributed by atoms with E-state index in [1.54, 1.807) is 0 Å². The first-order valence-corrected chi connectivity index (χ1v) is 11.4. The predicted octanol–water partition coefficient (Wildman–Crippen LogP) is 3.58. The highest BCUT2D eigenvalue weighted by molar-refractivity contribution is 7.88. The second-order valence-corrected chi connectivity index (χ2v) is 10.2. The highest BCUT2D eigenvalue weighted by Crippen LogP contribution is 2.56. The zero-order chi connectivity index (χ0) is 24.2. The van der Waals surface area contributed by atoms with E-state index < -0.39 is 56.2 Å². The van der Waals surface area contributed by atoms with Crippen molar-refractivity contribution in [1.82, 2.24) is 0 Å². The van der Waals surface area contributed by atoms with E-state index in [1.807, 2.05) is 0 Å². The molecule has 4 fully saturated rings. The van der Waals surface area contributed by atoms with E-state index in [-0.39, 0.29) is 31.0 Å². The fraction of sp³-hybridized carbons (Fsp3) is 0.550. The molecule has 0 spiro atoms. The molecule has 0 saturated heterocycles. The van der Waals surface area contributed by atoms with Crippen LogP contribution in [-0.4, -0.2) is 42.9 Å². The van der Waals surface area contributed by atoms with Crippen molar-refractivity contribution >= 4 is 27.6 Å². The normalized spacial score (nSPS) is 29.8. The van der Waals surface area contributed by atoms with Crippen molar-refractivity contribution in [3.8, 4) is 0 Å². The summed E-state index contributed by atoms with van der Waals surface area (Å²) in [4.78, 5) is 24.4. The van der Waals surface area contributed by atoms with E-state index in [2.05, 4.69) is 9.44 Å². The summed E-state index contributed by atoms with van der Waals surface area (Å²) in [6, 6.07) is 5.59. The molecule has 1 aromatic rings. The van der Waals surface area contributed by atoms with Crippen LogP contribution in [0.1, 0.15) is 37.7 Å². The highest BCUT2D eigenvalue weighted by Gasteiger charge is 2.63. The molecule has 180 valence electrons. The van der Waals surface area contributed by atoms with Gasteiger partial charge >= 0.3 is 27.5 Å². The van der Waals surface area contributed by atoms with Gasteiger partial charge in [-0.15, -0.1) is 0 Å². The molecule has 0 aliphatic heterocycles. The number of carbonyl (C=O) groups is 2. The standard InChI is InChI=1S/C20H18F5NO6S/c21-19(22,23)16(12-4-2-1-3-5-12)26-32-33(29,30)20(24,25)17(28)31-18-8-11-6-13(9-18)15(27)14(7-11)10-18/h1-5,11,13-14H,6-10H2. The van der Waals surface area contributed by atoms with Crippen molar-refractivity contribution in [2.24, 2.45) is 22.9 Å². The Balaban J connectivity index is 1.54. The number of ketones is 1. The summed E-state index contributed by atoms with van der Waals surface area (Å²) in [5.41, 5.74) is -3.93. The SMILES string of the molecule is O=C1C2CC3CC1CC(OC(=O)C(F)(F)S(=O)(=O)ON=C(c1ccccc1)C(F)(F)F)(C3)C2. The van der Waals surface area contributed by atoms with Crippen LogP contribution in [0, 0.1) is 17.8 Å². The molecule has 2 unspecified atom stereocenters. The Hall–Kier alpha value is -2.57. The third-order valence-electron chi connectivity index (χ3n) is 6.34. The Morgan fingerprint density at radius 1 is 1.00 bits per heavy atom. The second kappa shape index (κ2) is 7.74. The van der Waals surface area contributed by atoms with Gasteiger partial charge in [0.15, 0.2) is 5.71 Å². The van der Waals surface area contributed by atoms with E-state index in [9.17, 15) is 40.0 Å². The van der Waals surface area contributed by atoms with Crippen molar-refractivity contribution in [1.29, 1.82) is 0 Å². The zero-order valence-electron chi connectivity index (χ0n) is 16.8. The average Bonchev–Trinajstić information content (AvgIpc) is 2.70. The summed E-state index contributed by atoms with van der Waals surface area (Å²) in [6.45, 7) is 0. The predicted molar refractivity (Wildman–Crippen MR) is 101 cm³/mol. The molecule has 7 nitrogen and oxygen atoms in total. The molecular weight excluding hydrogens is 477 g/mol. The number of oxime groups is 1. The van der Waals surface area contributed by atoms with Crippen LogP contribution >= 0.6 is 0 Å². The molecule has 0 amide bonds. The van der Waals surface area contributed by atoms with Gasteiger partial charge in [-0.2, -0.15) is 30.4 Å².